The molecule has 0 aliphatic heterocycles. The van der Waals surface area contributed by atoms with Crippen LogP contribution < -0.4 is 0 Å². The largest absolute Gasteiger partial charge is 0.384 e. The number of aliphatic hydroxyl groups is 1. The molecule has 3 rings (SSSR count). The van der Waals surface area contributed by atoms with Gasteiger partial charge in [0.1, 0.15) is 17.7 Å². The molecular weight excluding hydrogens is 294 g/mol. The van der Waals surface area contributed by atoms with Crippen LogP contribution in [0.15, 0.2) is 54.6 Å². The van der Waals surface area contributed by atoms with Crippen LogP contribution in [-0.4, -0.2) is 5.11 Å². The minimum Gasteiger partial charge on any atom is -0.384 e. The summed E-state index contributed by atoms with van der Waals surface area (Å²) in [5.41, 5.74) is 0.722. The topological polar surface area (TPSA) is 20.2 Å². The number of hydrogen-bond acceptors (Lipinski definition) is 1. The van der Waals surface area contributed by atoms with E-state index in [9.17, 15) is 13.9 Å². The molecule has 0 fully saturated rings. The Hall–Kier alpha value is -1.97. The van der Waals surface area contributed by atoms with Crippen LogP contribution in [0.2, 0.25) is 5.02 Å². The Morgan fingerprint density at radius 3 is 2.14 bits per heavy atom. The first-order chi connectivity index (χ1) is 10.1. The summed E-state index contributed by atoms with van der Waals surface area (Å²) < 4.78 is 26.6. The molecule has 0 spiro atoms. The molecule has 1 atom stereocenters. The average Bonchev–Trinajstić information content (AvgIpc) is 2.46. The molecule has 1 N–H and O–H groups in total. The lowest BCUT2D eigenvalue weighted by atomic mass is 9.96. The molecule has 0 heterocycles. The lowest BCUT2D eigenvalue weighted by molar-refractivity contribution is 0.221. The van der Waals surface area contributed by atoms with Gasteiger partial charge in [0.2, 0.25) is 0 Å². The number of hydrogen-bond donors (Lipinski definition) is 1. The minimum absolute atomic E-state index is 0.167. The Labute approximate surface area is 125 Å². The summed E-state index contributed by atoms with van der Waals surface area (Å²) in [5, 5.41) is 12.6. The Morgan fingerprint density at radius 1 is 0.857 bits per heavy atom. The Balaban J connectivity index is 2.18. The standard InChI is InChI=1S/C17H11ClF2O/c18-16-6-5-15(13-3-1-2-4-14(13)16)17(21)10-7-11(19)9-12(20)8-10/h1-9,17,21H. The highest BCUT2D eigenvalue weighted by Gasteiger charge is 2.16. The first-order valence-corrected chi connectivity index (χ1v) is 6.75. The highest BCUT2D eigenvalue weighted by atomic mass is 35.5. The van der Waals surface area contributed by atoms with E-state index in [1.807, 2.05) is 24.3 Å². The van der Waals surface area contributed by atoms with E-state index >= 15 is 0 Å². The van der Waals surface area contributed by atoms with Gasteiger partial charge in [0.25, 0.3) is 0 Å². The van der Waals surface area contributed by atoms with E-state index in [1.165, 1.54) is 0 Å². The fourth-order valence-corrected chi connectivity index (χ4v) is 2.66. The van der Waals surface area contributed by atoms with Crippen LogP contribution in [-0.2, 0) is 0 Å². The summed E-state index contributed by atoms with van der Waals surface area (Å²) >= 11 is 6.13. The molecule has 3 aromatic carbocycles. The van der Waals surface area contributed by atoms with Crippen LogP contribution in [0.1, 0.15) is 17.2 Å². The van der Waals surface area contributed by atoms with Gasteiger partial charge in [0.05, 0.1) is 0 Å². The summed E-state index contributed by atoms with van der Waals surface area (Å²) in [5.74, 6) is -1.44. The average molecular weight is 305 g/mol. The van der Waals surface area contributed by atoms with Gasteiger partial charge in [-0.2, -0.15) is 0 Å². The van der Waals surface area contributed by atoms with Crippen molar-refractivity contribution in [3.05, 3.63) is 82.4 Å². The Kier molecular flexibility index (Phi) is 3.62. The van der Waals surface area contributed by atoms with Gasteiger partial charge in [-0.3, -0.25) is 0 Å². The van der Waals surface area contributed by atoms with Gasteiger partial charge < -0.3 is 5.11 Å². The van der Waals surface area contributed by atoms with Crippen molar-refractivity contribution in [3.63, 3.8) is 0 Å². The number of halogens is 3. The molecule has 0 radical (unpaired) electrons. The molecular formula is C17H11ClF2O. The summed E-state index contributed by atoms with van der Waals surface area (Å²) in [6.07, 6.45) is -1.13. The second-order valence-corrected chi connectivity index (χ2v) is 5.19. The molecule has 1 nitrogen and oxygen atoms in total. The van der Waals surface area contributed by atoms with E-state index in [4.69, 9.17) is 11.6 Å². The maximum atomic E-state index is 13.3. The third kappa shape index (κ3) is 2.62. The summed E-state index contributed by atoms with van der Waals surface area (Å²) in [6, 6.07) is 13.7. The zero-order chi connectivity index (χ0) is 15.0. The summed E-state index contributed by atoms with van der Waals surface area (Å²) in [6.45, 7) is 0. The zero-order valence-corrected chi connectivity index (χ0v) is 11.6. The lowest BCUT2D eigenvalue weighted by Gasteiger charge is -2.15. The molecule has 4 heteroatoms. The van der Waals surface area contributed by atoms with E-state index in [1.54, 1.807) is 12.1 Å². The molecule has 0 aromatic heterocycles. The second kappa shape index (κ2) is 5.43. The third-order valence-electron chi connectivity index (χ3n) is 3.40. The van der Waals surface area contributed by atoms with Crippen molar-refractivity contribution in [1.82, 2.24) is 0 Å². The predicted octanol–water partition coefficient (Wildman–Crippen LogP) is 4.85. The maximum absolute atomic E-state index is 13.3. The van der Waals surface area contributed by atoms with E-state index in [-0.39, 0.29) is 5.56 Å². The molecule has 0 saturated heterocycles. The number of aliphatic hydroxyl groups excluding tert-OH is 1. The van der Waals surface area contributed by atoms with Gasteiger partial charge in [-0.05, 0) is 34.7 Å². The molecule has 0 aliphatic rings. The number of benzene rings is 3. The van der Waals surface area contributed by atoms with E-state index < -0.39 is 17.7 Å². The highest BCUT2D eigenvalue weighted by molar-refractivity contribution is 6.35. The van der Waals surface area contributed by atoms with Crippen LogP contribution in [0, 0.1) is 11.6 Å². The minimum atomic E-state index is -1.13. The number of fused-ring (bicyclic) bond motifs is 1. The monoisotopic (exact) mass is 304 g/mol. The molecule has 3 aromatic rings. The molecule has 1 unspecified atom stereocenters. The maximum Gasteiger partial charge on any atom is 0.126 e. The quantitative estimate of drug-likeness (QED) is 0.717. The van der Waals surface area contributed by atoms with Gasteiger partial charge in [-0.15, -0.1) is 0 Å². The molecule has 0 bridgehead atoms. The molecule has 0 aliphatic carbocycles. The van der Waals surface area contributed by atoms with E-state index in [0.29, 0.717) is 10.6 Å². The molecule has 21 heavy (non-hydrogen) atoms. The third-order valence-corrected chi connectivity index (χ3v) is 3.73. The lowest BCUT2D eigenvalue weighted by Crippen LogP contribution is -2.02. The molecule has 0 saturated carbocycles. The van der Waals surface area contributed by atoms with Gasteiger partial charge in [0, 0.05) is 16.5 Å². The predicted molar refractivity (Wildman–Crippen MR) is 79.4 cm³/mol. The van der Waals surface area contributed by atoms with Crippen molar-refractivity contribution in [2.45, 2.75) is 6.10 Å². The first kappa shape index (κ1) is 14.0. The fourth-order valence-electron chi connectivity index (χ4n) is 2.44. The van der Waals surface area contributed by atoms with Crippen molar-refractivity contribution < 1.29 is 13.9 Å². The van der Waals surface area contributed by atoms with Crippen LogP contribution in [0.4, 0.5) is 8.78 Å². The van der Waals surface area contributed by atoms with Crippen molar-refractivity contribution in [2.24, 2.45) is 0 Å². The second-order valence-electron chi connectivity index (χ2n) is 4.79. The fraction of sp³-hybridized carbons (Fsp3) is 0.0588. The summed E-state index contributed by atoms with van der Waals surface area (Å²) in [4.78, 5) is 0. The van der Waals surface area contributed by atoms with E-state index in [0.717, 1.165) is 29.0 Å². The van der Waals surface area contributed by atoms with Crippen LogP contribution in [0.5, 0.6) is 0 Å². The van der Waals surface area contributed by atoms with Gasteiger partial charge in [0.15, 0.2) is 0 Å². The van der Waals surface area contributed by atoms with E-state index in [2.05, 4.69) is 0 Å². The normalized spacial score (nSPS) is 12.6. The van der Waals surface area contributed by atoms with Crippen molar-refractivity contribution >= 4 is 22.4 Å². The van der Waals surface area contributed by atoms with Gasteiger partial charge in [-0.25, -0.2) is 8.78 Å². The first-order valence-electron chi connectivity index (χ1n) is 6.37. The Bertz CT molecular complexity index is 797. The molecule has 106 valence electrons. The zero-order valence-electron chi connectivity index (χ0n) is 10.9. The van der Waals surface area contributed by atoms with Crippen LogP contribution in [0.3, 0.4) is 0 Å². The van der Waals surface area contributed by atoms with Crippen LogP contribution in [0.25, 0.3) is 10.8 Å². The number of rotatable bonds is 2. The van der Waals surface area contributed by atoms with Gasteiger partial charge >= 0.3 is 0 Å². The smallest absolute Gasteiger partial charge is 0.126 e. The van der Waals surface area contributed by atoms with Gasteiger partial charge in [-0.1, -0.05) is 41.9 Å². The SMILES string of the molecule is OC(c1cc(F)cc(F)c1)c1ccc(Cl)c2ccccc12. The van der Waals surface area contributed by atoms with Crippen molar-refractivity contribution in [1.29, 1.82) is 0 Å². The van der Waals surface area contributed by atoms with Crippen molar-refractivity contribution in [2.75, 3.05) is 0 Å². The highest BCUT2D eigenvalue weighted by Crippen LogP contribution is 2.33. The van der Waals surface area contributed by atoms with Crippen molar-refractivity contribution in [3.8, 4) is 0 Å². The Morgan fingerprint density at radius 2 is 1.48 bits per heavy atom. The molecule has 0 amide bonds. The summed E-state index contributed by atoms with van der Waals surface area (Å²) in [7, 11) is 0. The van der Waals surface area contributed by atoms with Crippen LogP contribution >= 0.6 is 11.6 Å².